The molecule has 1 aliphatic heterocycles. The van der Waals surface area contributed by atoms with Crippen molar-refractivity contribution in [2.45, 2.75) is 78.4 Å². The van der Waals surface area contributed by atoms with Crippen molar-refractivity contribution in [2.75, 3.05) is 16.5 Å². The van der Waals surface area contributed by atoms with Crippen molar-refractivity contribution in [1.29, 1.82) is 0 Å². The second kappa shape index (κ2) is 12.5. The van der Waals surface area contributed by atoms with Gasteiger partial charge in [0.15, 0.2) is 0 Å². The zero-order valence-corrected chi connectivity index (χ0v) is 31.5. The maximum atomic E-state index is 8.28. The van der Waals surface area contributed by atoms with E-state index >= 15 is 0 Å². The highest BCUT2D eigenvalue weighted by Gasteiger charge is 2.30. The summed E-state index contributed by atoms with van der Waals surface area (Å²) in [5, 5.41) is 1.92. The predicted octanol–water partition coefficient (Wildman–Crippen LogP) is 13.1. The van der Waals surface area contributed by atoms with Crippen LogP contribution in [0.25, 0.3) is 27.6 Å². The Morgan fingerprint density at radius 3 is 1.94 bits per heavy atom. The maximum Gasteiger partial charge on any atom is 0.137 e. The van der Waals surface area contributed by atoms with Crippen molar-refractivity contribution in [3.8, 4) is 17.3 Å². The third-order valence-corrected chi connectivity index (χ3v) is 10.3. The van der Waals surface area contributed by atoms with Crippen LogP contribution in [0.2, 0.25) is 0 Å². The number of hydrogen-bond donors (Lipinski definition) is 0. The van der Waals surface area contributed by atoms with Crippen LogP contribution in [0, 0.1) is 0 Å². The Labute approximate surface area is 322 Å². The number of benzene rings is 5. The van der Waals surface area contributed by atoms with Gasteiger partial charge in [-0.3, -0.25) is 4.57 Å². The molecule has 0 spiro atoms. The molecule has 268 valence electrons. The number of pyridine rings is 1. The van der Waals surface area contributed by atoms with E-state index in [1.807, 2.05) is 47.0 Å². The van der Waals surface area contributed by atoms with Crippen LogP contribution in [0.3, 0.4) is 0 Å². The molecule has 0 bridgehead atoms. The van der Waals surface area contributed by atoms with Crippen molar-refractivity contribution >= 4 is 44.6 Å². The van der Waals surface area contributed by atoms with Crippen molar-refractivity contribution in [1.82, 2.24) is 9.55 Å². The summed E-state index contributed by atoms with van der Waals surface area (Å²) in [6.45, 7) is 9.63. The number of fused-ring (bicyclic) bond motifs is 4. The van der Waals surface area contributed by atoms with E-state index in [2.05, 4.69) is 123 Å². The summed E-state index contributed by atoms with van der Waals surface area (Å²) in [4.78, 5) is 9.38. The summed E-state index contributed by atoms with van der Waals surface area (Å²) in [5.41, 5.74) is 6.30. The molecule has 2 aromatic heterocycles. The van der Waals surface area contributed by atoms with Crippen molar-refractivity contribution in [3.63, 3.8) is 0 Å². The van der Waals surface area contributed by atoms with E-state index in [0.29, 0.717) is 24.0 Å². The van der Waals surface area contributed by atoms with Gasteiger partial charge < -0.3 is 14.5 Å². The van der Waals surface area contributed by atoms with Crippen molar-refractivity contribution < 1.29 is 13.0 Å². The molecule has 0 saturated heterocycles. The Kier molecular flexibility index (Phi) is 6.63. The lowest BCUT2D eigenvalue weighted by atomic mass is 9.86. The molecular weight excluding hydrogens is 649 g/mol. The highest BCUT2D eigenvalue weighted by Crippen LogP contribution is 2.46. The first-order valence-corrected chi connectivity index (χ1v) is 18.2. The molecule has 7 aromatic rings. The SMILES string of the molecule is [2H]C([2H])([2H])C(C)(c1ccnc(-n2c3ccccc3c3ccc(Oc4cc(N5CN(c6cccc(C(C)(C)C)c6)c6ccccc65)cc(C(C)(C)C)c4)cc32)c1)C([2H])([2H])[2H]. The second-order valence-corrected chi connectivity index (χ2v) is 16.4. The molecule has 8 rings (SSSR count). The third kappa shape index (κ3) is 6.43. The quantitative estimate of drug-likeness (QED) is 0.179. The van der Waals surface area contributed by atoms with Gasteiger partial charge in [-0.1, -0.05) is 105 Å². The van der Waals surface area contributed by atoms with Gasteiger partial charge in [-0.15, -0.1) is 0 Å². The van der Waals surface area contributed by atoms with Gasteiger partial charge in [0, 0.05) is 48.7 Å². The minimum Gasteiger partial charge on any atom is -0.457 e. The number of anilines is 4. The van der Waals surface area contributed by atoms with Gasteiger partial charge in [-0.2, -0.15) is 0 Å². The summed E-state index contributed by atoms with van der Waals surface area (Å²) in [6, 6.07) is 40.7. The van der Waals surface area contributed by atoms with Gasteiger partial charge in [0.1, 0.15) is 24.0 Å². The highest BCUT2D eigenvalue weighted by molar-refractivity contribution is 6.09. The summed E-state index contributed by atoms with van der Waals surface area (Å²) < 4.78 is 58.4. The Hall–Kier alpha value is -5.55. The van der Waals surface area contributed by atoms with Crippen LogP contribution < -0.4 is 14.5 Å². The number of hydrogen-bond acceptors (Lipinski definition) is 4. The first-order chi connectivity index (χ1) is 27.6. The zero-order chi connectivity index (χ0) is 42.3. The molecule has 0 aliphatic carbocycles. The molecule has 0 radical (unpaired) electrons. The van der Waals surface area contributed by atoms with Gasteiger partial charge in [0.2, 0.25) is 0 Å². The van der Waals surface area contributed by atoms with Gasteiger partial charge >= 0.3 is 0 Å². The standard InChI is InChI=1S/C48H50N4O/c1-46(2,3)32-15-14-16-35(25-32)50-31-51(43-20-13-12-19-42(43)50)36-26-34(48(7,8)9)27-38(29-36)53-37-21-22-40-39-17-10-11-18-41(39)52(44(40)30-37)45-28-33(23-24-49-45)47(4,5)6/h10-30H,31H2,1-9H3/i4D3,5D3. The Bertz CT molecular complexity index is 2700. The lowest BCUT2D eigenvalue weighted by Gasteiger charge is -2.27. The fourth-order valence-electron chi connectivity index (χ4n) is 7.28. The molecule has 0 fully saturated rings. The van der Waals surface area contributed by atoms with Crippen molar-refractivity contribution in [2.24, 2.45) is 0 Å². The third-order valence-electron chi connectivity index (χ3n) is 10.3. The molecule has 0 amide bonds. The molecule has 3 heterocycles. The van der Waals surface area contributed by atoms with Crippen LogP contribution in [0.5, 0.6) is 11.5 Å². The first-order valence-electron chi connectivity index (χ1n) is 21.2. The molecule has 5 aromatic carbocycles. The molecule has 0 unspecified atom stereocenters. The number of aromatic nitrogens is 2. The smallest absolute Gasteiger partial charge is 0.137 e. The zero-order valence-electron chi connectivity index (χ0n) is 37.5. The average Bonchev–Trinajstić information content (AvgIpc) is 3.72. The molecule has 1 aliphatic rings. The molecule has 5 nitrogen and oxygen atoms in total. The normalized spacial score (nSPS) is 15.8. The number of ether oxygens (including phenoxy) is 1. The van der Waals surface area contributed by atoms with Crippen LogP contribution in [0.4, 0.5) is 22.7 Å². The summed E-state index contributed by atoms with van der Waals surface area (Å²) >= 11 is 0. The summed E-state index contributed by atoms with van der Waals surface area (Å²) in [6.07, 6.45) is 1.49. The van der Waals surface area contributed by atoms with Crippen LogP contribution in [-0.4, -0.2) is 16.2 Å². The van der Waals surface area contributed by atoms with E-state index in [1.165, 1.54) is 24.8 Å². The second-order valence-electron chi connectivity index (χ2n) is 16.4. The van der Waals surface area contributed by atoms with Gasteiger partial charge in [0.25, 0.3) is 0 Å². The number of para-hydroxylation sites is 3. The van der Waals surface area contributed by atoms with Crippen LogP contribution in [0.1, 0.15) is 87.1 Å². The molecule has 0 saturated carbocycles. The Morgan fingerprint density at radius 2 is 1.21 bits per heavy atom. The van der Waals surface area contributed by atoms with E-state index in [4.69, 9.17) is 13.0 Å². The minimum absolute atomic E-state index is 0.0148. The lowest BCUT2D eigenvalue weighted by Crippen LogP contribution is -2.25. The van der Waals surface area contributed by atoms with E-state index in [-0.39, 0.29) is 16.4 Å². The van der Waals surface area contributed by atoms with Gasteiger partial charge in [-0.05, 0) is 99.7 Å². The number of nitrogens with zero attached hydrogens (tertiary/aromatic N) is 4. The van der Waals surface area contributed by atoms with E-state index < -0.39 is 19.1 Å². The highest BCUT2D eigenvalue weighted by atomic mass is 16.5. The predicted molar refractivity (Wildman–Crippen MR) is 223 cm³/mol. The van der Waals surface area contributed by atoms with E-state index in [0.717, 1.165) is 50.1 Å². The largest absolute Gasteiger partial charge is 0.457 e. The minimum atomic E-state index is -2.80. The fraction of sp³-hybridized carbons (Fsp3) is 0.271. The summed E-state index contributed by atoms with van der Waals surface area (Å²) in [7, 11) is 0. The first kappa shape index (κ1) is 28.0. The fourth-order valence-corrected chi connectivity index (χ4v) is 7.28. The molecular formula is C48H50N4O. The van der Waals surface area contributed by atoms with Crippen LogP contribution in [0.15, 0.2) is 128 Å². The Morgan fingerprint density at radius 1 is 0.547 bits per heavy atom. The van der Waals surface area contributed by atoms with Gasteiger partial charge in [-0.25, -0.2) is 4.98 Å². The monoisotopic (exact) mass is 704 g/mol. The van der Waals surface area contributed by atoms with Gasteiger partial charge in [0.05, 0.1) is 22.4 Å². The lowest BCUT2D eigenvalue weighted by molar-refractivity contribution is 0.479. The molecule has 0 N–H and O–H groups in total. The molecule has 53 heavy (non-hydrogen) atoms. The topological polar surface area (TPSA) is 33.5 Å². The Balaban J connectivity index is 1.22. The number of rotatable bonds is 5. The van der Waals surface area contributed by atoms with Crippen LogP contribution in [-0.2, 0) is 16.2 Å². The maximum absolute atomic E-state index is 8.28. The van der Waals surface area contributed by atoms with E-state index in [9.17, 15) is 0 Å². The molecule has 5 heteroatoms. The summed E-state index contributed by atoms with van der Waals surface area (Å²) in [5.74, 6) is 1.70. The average molecular weight is 705 g/mol. The van der Waals surface area contributed by atoms with Crippen molar-refractivity contribution in [3.05, 3.63) is 144 Å². The molecule has 0 atom stereocenters. The van der Waals surface area contributed by atoms with E-state index in [1.54, 1.807) is 6.07 Å². The van der Waals surface area contributed by atoms with Crippen LogP contribution >= 0.6 is 0 Å².